The SMILES string of the molecule is C[C@@H]1CCc2c(sc3nc(/C(Cl)=C/c4cnc5ccccc5n4)[nH]c(=O)c23)C1. The molecular weight excluding hydrogens is 392 g/mol. The Morgan fingerprint density at radius 2 is 2.11 bits per heavy atom. The molecule has 140 valence electrons. The van der Waals surface area contributed by atoms with Gasteiger partial charge in [-0.05, 0) is 49.0 Å². The molecule has 3 aromatic heterocycles. The summed E-state index contributed by atoms with van der Waals surface area (Å²) < 4.78 is 0. The van der Waals surface area contributed by atoms with Gasteiger partial charge in [-0.3, -0.25) is 9.78 Å². The van der Waals surface area contributed by atoms with Crippen LogP contribution in [0.25, 0.3) is 32.4 Å². The van der Waals surface area contributed by atoms with Crippen LogP contribution in [0.15, 0.2) is 35.3 Å². The lowest BCUT2D eigenvalue weighted by Gasteiger charge is -2.17. The highest BCUT2D eigenvalue weighted by molar-refractivity contribution is 7.18. The number of halogens is 1. The van der Waals surface area contributed by atoms with Gasteiger partial charge >= 0.3 is 0 Å². The molecule has 0 saturated heterocycles. The molecule has 7 heteroatoms. The largest absolute Gasteiger partial charge is 0.305 e. The van der Waals surface area contributed by atoms with Crippen LogP contribution in [0.3, 0.4) is 0 Å². The lowest BCUT2D eigenvalue weighted by Crippen LogP contribution is -2.14. The molecule has 0 bridgehead atoms. The van der Waals surface area contributed by atoms with E-state index in [2.05, 4.69) is 26.9 Å². The average Bonchev–Trinajstić information content (AvgIpc) is 3.05. The van der Waals surface area contributed by atoms with Crippen LogP contribution in [-0.4, -0.2) is 19.9 Å². The van der Waals surface area contributed by atoms with Crippen LogP contribution < -0.4 is 5.56 Å². The monoisotopic (exact) mass is 408 g/mol. The quantitative estimate of drug-likeness (QED) is 0.517. The second kappa shape index (κ2) is 6.79. The first kappa shape index (κ1) is 17.5. The van der Waals surface area contributed by atoms with Crippen molar-refractivity contribution in [1.29, 1.82) is 0 Å². The minimum Gasteiger partial charge on any atom is -0.305 e. The van der Waals surface area contributed by atoms with Crippen LogP contribution in [0.4, 0.5) is 0 Å². The van der Waals surface area contributed by atoms with Crippen molar-refractivity contribution in [2.75, 3.05) is 0 Å². The van der Waals surface area contributed by atoms with Gasteiger partial charge in [0.15, 0.2) is 5.82 Å². The van der Waals surface area contributed by atoms with Gasteiger partial charge in [-0.15, -0.1) is 11.3 Å². The van der Waals surface area contributed by atoms with Gasteiger partial charge in [0, 0.05) is 4.88 Å². The van der Waals surface area contributed by atoms with Gasteiger partial charge < -0.3 is 4.98 Å². The van der Waals surface area contributed by atoms with Crippen LogP contribution in [0.1, 0.15) is 35.3 Å². The summed E-state index contributed by atoms with van der Waals surface area (Å²) in [5.74, 6) is 1.01. The lowest BCUT2D eigenvalue weighted by atomic mass is 9.89. The molecule has 0 unspecified atom stereocenters. The number of benzene rings is 1. The van der Waals surface area contributed by atoms with E-state index in [9.17, 15) is 4.79 Å². The summed E-state index contributed by atoms with van der Waals surface area (Å²) in [6.07, 6.45) is 6.41. The maximum Gasteiger partial charge on any atom is 0.260 e. The number of nitrogens with one attached hydrogen (secondary N) is 1. The minimum atomic E-state index is -0.122. The van der Waals surface area contributed by atoms with Crippen molar-refractivity contribution in [3.05, 3.63) is 62.8 Å². The Labute approximate surface area is 170 Å². The van der Waals surface area contributed by atoms with Crippen LogP contribution in [0.5, 0.6) is 0 Å². The molecule has 1 atom stereocenters. The Hall–Kier alpha value is -2.57. The van der Waals surface area contributed by atoms with Crippen molar-refractivity contribution in [2.24, 2.45) is 5.92 Å². The standard InChI is InChI=1S/C21H17ClN4OS/c1-11-6-7-13-17(8-11)28-21-18(13)20(27)25-19(26-21)14(22)9-12-10-23-15-4-2-3-5-16(15)24-12/h2-5,9-11H,6-8H2,1H3,(H,25,26,27)/b14-9-/t11-/m1/s1. The van der Waals surface area contributed by atoms with Crippen molar-refractivity contribution in [3.8, 4) is 0 Å². The predicted octanol–water partition coefficient (Wildman–Crippen LogP) is 4.79. The Morgan fingerprint density at radius 3 is 2.96 bits per heavy atom. The summed E-state index contributed by atoms with van der Waals surface area (Å²) in [4.78, 5) is 31.2. The number of thiophene rings is 1. The molecule has 4 aromatic rings. The van der Waals surface area contributed by atoms with Crippen molar-refractivity contribution in [1.82, 2.24) is 19.9 Å². The van der Waals surface area contributed by atoms with Gasteiger partial charge in [0.1, 0.15) is 4.83 Å². The van der Waals surface area contributed by atoms with E-state index in [1.807, 2.05) is 24.3 Å². The molecular formula is C21H17ClN4OS. The van der Waals surface area contributed by atoms with Gasteiger partial charge in [0.05, 0.1) is 33.3 Å². The molecule has 28 heavy (non-hydrogen) atoms. The number of hydrogen-bond donors (Lipinski definition) is 1. The molecule has 1 N–H and O–H groups in total. The van der Waals surface area contributed by atoms with E-state index in [-0.39, 0.29) is 5.56 Å². The molecule has 5 rings (SSSR count). The van der Waals surface area contributed by atoms with E-state index >= 15 is 0 Å². The van der Waals surface area contributed by atoms with Gasteiger partial charge in [-0.2, -0.15) is 0 Å². The van der Waals surface area contributed by atoms with Crippen molar-refractivity contribution < 1.29 is 0 Å². The van der Waals surface area contributed by atoms with E-state index < -0.39 is 0 Å². The predicted molar refractivity (Wildman–Crippen MR) is 115 cm³/mol. The second-order valence-corrected chi connectivity index (χ2v) is 8.71. The summed E-state index contributed by atoms with van der Waals surface area (Å²) >= 11 is 8.09. The highest BCUT2D eigenvalue weighted by Crippen LogP contribution is 2.36. The molecule has 1 aliphatic rings. The highest BCUT2D eigenvalue weighted by Gasteiger charge is 2.23. The Balaban J connectivity index is 1.58. The number of rotatable bonds is 2. The van der Waals surface area contributed by atoms with Crippen molar-refractivity contribution >= 4 is 55.3 Å². The molecule has 0 saturated carbocycles. The zero-order valence-electron chi connectivity index (χ0n) is 15.2. The van der Waals surface area contributed by atoms with Gasteiger partial charge in [-0.1, -0.05) is 30.7 Å². The van der Waals surface area contributed by atoms with E-state index in [1.54, 1.807) is 23.6 Å². The first-order valence-corrected chi connectivity index (χ1v) is 10.4. The molecule has 0 aliphatic heterocycles. The number of H-pyrrole nitrogens is 1. The number of para-hydroxylation sites is 2. The summed E-state index contributed by atoms with van der Waals surface area (Å²) in [5.41, 5.74) is 3.27. The van der Waals surface area contributed by atoms with E-state index in [0.717, 1.165) is 40.5 Å². The molecule has 5 nitrogen and oxygen atoms in total. The fourth-order valence-electron chi connectivity index (χ4n) is 3.70. The van der Waals surface area contributed by atoms with E-state index in [0.29, 0.717) is 22.5 Å². The molecule has 0 spiro atoms. The van der Waals surface area contributed by atoms with Crippen LogP contribution in [0, 0.1) is 5.92 Å². The van der Waals surface area contributed by atoms with Crippen LogP contribution in [0.2, 0.25) is 0 Å². The third-order valence-corrected chi connectivity index (χ3v) is 6.57. The summed E-state index contributed by atoms with van der Waals surface area (Å²) in [6.45, 7) is 2.25. The van der Waals surface area contributed by atoms with Crippen molar-refractivity contribution in [3.63, 3.8) is 0 Å². The number of hydrogen-bond acceptors (Lipinski definition) is 5. The maximum atomic E-state index is 12.7. The molecule has 0 fully saturated rings. The molecule has 1 aliphatic carbocycles. The topological polar surface area (TPSA) is 71.5 Å². The fourth-order valence-corrected chi connectivity index (χ4v) is 5.29. The number of aromatic amines is 1. The van der Waals surface area contributed by atoms with E-state index in [4.69, 9.17) is 11.6 Å². The highest BCUT2D eigenvalue weighted by atomic mass is 35.5. The zero-order chi connectivity index (χ0) is 19.3. The lowest BCUT2D eigenvalue weighted by molar-refractivity contribution is 0.509. The van der Waals surface area contributed by atoms with Crippen LogP contribution in [-0.2, 0) is 12.8 Å². The molecule has 1 aromatic carbocycles. The first-order valence-electron chi connectivity index (χ1n) is 9.22. The maximum absolute atomic E-state index is 12.7. The molecule has 0 radical (unpaired) electrons. The third-order valence-electron chi connectivity index (χ3n) is 5.13. The van der Waals surface area contributed by atoms with Gasteiger partial charge in [0.25, 0.3) is 5.56 Å². The Morgan fingerprint density at radius 1 is 1.29 bits per heavy atom. The second-order valence-electron chi connectivity index (χ2n) is 7.22. The molecule has 0 amide bonds. The summed E-state index contributed by atoms with van der Waals surface area (Å²) in [7, 11) is 0. The number of aromatic nitrogens is 4. The molecule has 3 heterocycles. The minimum absolute atomic E-state index is 0.122. The van der Waals surface area contributed by atoms with Gasteiger partial charge in [-0.25, -0.2) is 9.97 Å². The Bertz CT molecular complexity index is 1310. The Kier molecular flexibility index (Phi) is 4.25. The average molecular weight is 409 g/mol. The van der Waals surface area contributed by atoms with Crippen molar-refractivity contribution in [2.45, 2.75) is 26.2 Å². The number of fused-ring (bicyclic) bond motifs is 4. The summed E-state index contributed by atoms with van der Waals surface area (Å²) in [6, 6.07) is 7.64. The fraction of sp³-hybridized carbons (Fsp3) is 0.238. The third kappa shape index (κ3) is 3.02. The van der Waals surface area contributed by atoms with Gasteiger partial charge in [0.2, 0.25) is 0 Å². The van der Waals surface area contributed by atoms with E-state index in [1.165, 1.54) is 10.4 Å². The van der Waals surface area contributed by atoms with Crippen LogP contribution >= 0.6 is 22.9 Å². The first-order chi connectivity index (χ1) is 13.6. The normalized spacial score (nSPS) is 17.2. The zero-order valence-corrected chi connectivity index (χ0v) is 16.8. The number of nitrogens with zero attached hydrogens (tertiary/aromatic N) is 3. The smallest absolute Gasteiger partial charge is 0.260 e. The number of aryl methyl sites for hydroxylation is 1. The summed E-state index contributed by atoms with van der Waals surface area (Å²) in [5, 5.41) is 1.06.